The molecule has 6 aromatic rings. The second-order valence-electron chi connectivity index (χ2n) is 10.4. The molecule has 0 spiro atoms. The van der Waals surface area contributed by atoms with Crippen molar-refractivity contribution in [3.63, 3.8) is 0 Å². The van der Waals surface area contributed by atoms with E-state index in [4.69, 9.17) is 9.15 Å². The van der Waals surface area contributed by atoms with Crippen molar-refractivity contribution in [3.05, 3.63) is 84.4 Å². The Labute approximate surface area is 253 Å². The maximum atomic E-state index is 12.7. The fraction of sp³-hybridized carbons (Fsp3) is 0.194. The lowest BCUT2D eigenvalue weighted by Crippen LogP contribution is -2.19. The Bertz CT molecular complexity index is 1940. The minimum absolute atomic E-state index is 0.166. The summed E-state index contributed by atoms with van der Waals surface area (Å²) in [7, 11) is 1.78. The molecular weight excluding hydrogens is 587 g/mol. The molecule has 2 aromatic carbocycles. The SMILES string of the molecule is C[C@@H](OC(=O)Nc1c(-c2cc3sc(-c4ccc(-c5nnc(C6(C(=O)O)CC6)o5)cc4)cc3s2)cnn1C)c1ccccc1. The molecule has 7 rings (SSSR count). The number of benzene rings is 2. The third-order valence-corrected chi connectivity index (χ3v) is 9.97. The van der Waals surface area contributed by atoms with Crippen molar-refractivity contribution in [3.8, 4) is 32.3 Å². The number of rotatable bonds is 8. The number of aromatic nitrogens is 4. The van der Waals surface area contributed by atoms with E-state index >= 15 is 0 Å². The molecular formula is C31H25N5O5S2. The Morgan fingerprint density at radius 3 is 2.37 bits per heavy atom. The quantitative estimate of drug-likeness (QED) is 0.181. The molecule has 1 saturated carbocycles. The van der Waals surface area contributed by atoms with Gasteiger partial charge in [0.1, 0.15) is 17.3 Å². The molecule has 12 heteroatoms. The lowest BCUT2D eigenvalue weighted by molar-refractivity contribution is -0.140. The molecule has 0 saturated heterocycles. The van der Waals surface area contributed by atoms with Crippen molar-refractivity contribution >= 4 is 50.0 Å². The van der Waals surface area contributed by atoms with Gasteiger partial charge in [-0.2, -0.15) is 5.10 Å². The Kier molecular flexibility index (Phi) is 6.59. The van der Waals surface area contributed by atoms with Crippen molar-refractivity contribution < 1.29 is 23.8 Å². The molecule has 1 atom stereocenters. The number of carboxylic acids is 1. The Balaban J connectivity index is 1.07. The normalized spacial score (nSPS) is 14.5. The summed E-state index contributed by atoms with van der Waals surface area (Å²) < 4.78 is 15.2. The highest BCUT2D eigenvalue weighted by Crippen LogP contribution is 2.48. The van der Waals surface area contributed by atoms with Gasteiger partial charge in [0.15, 0.2) is 0 Å². The number of fused-ring (bicyclic) bond motifs is 1. The standard InChI is InChI=1S/C31H25N5O5S2/c1-17(18-6-4-3-5-7-18)40-30(39)33-26-21(16-32-36(26)2)23-15-25-24(43-23)14-22(42-25)19-8-10-20(11-9-19)27-34-35-28(41-27)31(12-13-31)29(37)38/h3-11,14-17H,12-13H2,1-2H3,(H,33,39)(H,37,38)/t17-/m1/s1. The average Bonchev–Trinajstić information content (AvgIpc) is 3.30. The smallest absolute Gasteiger partial charge is 0.413 e. The van der Waals surface area contributed by atoms with Gasteiger partial charge in [-0.05, 0) is 55.2 Å². The molecule has 43 heavy (non-hydrogen) atoms. The fourth-order valence-corrected chi connectivity index (χ4v) is 7.32. The van der Waals surface area contributed by atoms with E-state index in [1.54, 1.807) is 40.6 Å². The van der Waals surface area contributed by atoms with Crippen molar-refractivity contribution in [1.82, 2.24) is 20.0 Å². The Morgan fingerprint density at radius 2 is 1.67 bits per heavy atom. The van der Waals surface area contributed by atoms with Crippen LogP contribution in [0.15, 0.2) is 77.3 Å². The molecule has 10 nitrogen and oxygen atoms in total. The zero-order chi connectivity index (χ0) is 29.7. The number of thiophene rings is 2. The van der Waals surface area contributed by atoms with E-state index in [0.29, 0.717) is 24.6 Å². The average molecular weight is 612 g/mol. The summed E-state index contributed by atoms with van der Waals surface area (Å²) in [5, 5.41) is 24.8. The van der Waals surface area contributed by atoms with Crippen LogP contribution in [-0.2, 0) is 22.0 Å². The van der Waals surface area contributed by atoms with E-state index in [9.17, 15) is 14.7 Å². The van der Waals surface area contributed by atoms with Gasteiger partial charge in [-0.25, -0.2) is 4.79 Å². The third-order valence-electron chi connectivity index (χ3n) is 7.59. The minimum Gasteiger partial charge on any atom is -0.480 e. The first-order chi connectivity index (χ1) is 20.8. The van der Waals surface area contributed by atoms with Gasteiger partial charge in [-0.15, -0.1) is 32.9 Å². The highest BCUT2D eigenvalue weighted by Gasteiger charge is 2.56. The van der Waals surface area contributed by atoms with E-state index in [-0.39, 0.29) is 5.89 Å². The Morgan fingerprint density at radius 1 is 1.00 bits per heavy atom. The predicted molar refractivity (Wildman–Crippen MR) is 164 cm³/mol. The summed E-state index contributed by atoms with van der Waals surface area (Å²) in [4.78, 5) is 26.4. The van der Waals surface area contributed by atoms with Crippen LogP contribution in [0.4, 0.5) is 10.6 Å². The number of aryl methyl sites for hydroxylation is 1. The van der Waals surface area contributed by atoms with E-state index < -0.39 is 23.6 Å². The first-order valence-corrected chi connectivity index (χ1v) is 15.2. The number of hydrogen-bond donors (Lipinski definition) is 2. The first-order valence-electron chi connectivity index (χ1n) is 13.6. The van der Waals surface area contributed by atoms with Crippen LogP contribution in [0.1, 0.15) is 37.3 Å². The summed E-state index contributed by atoms with van der Waals surface area (Å²) in [6.45, 7) is 1.84. The number of ether oxygens (including phenoxy) is 1. The van der Waals surface area contributed by atoms with Crippen molar-refractivity contribution in [2.24, 2.45) is 7.05 Å². The lowest BCUT2D eigenvalue weighted by atomic mass is 10.1. The van der Waals surface area contributed by atoms with Gasteiger partial charge in [0.25, 0.3) is 0 Å². The van der Waals surface area contributed by atoms with Crippen LogP contribution in [0.25, 0.3) is 41.7 Å². The van der Waals surface area contributed by atoms with Gasteiger partial charge in [0.05, 0.1) is 11.8 Å². The van der Waals surface area contributed by atoms with Crippen molar-refractivity contribution in [1.29, 1.82) is 0 Å². The third kappa shape index (κ3) is 4.98. The van der Waals surface area contributed by atoms with Gasteiger partial charge in [-0.1, -0.05) is 42.5 Å². The number of nitrogens with one attached hydrogen (secondary N) is 1. The van der Waals surface area contributed by atoms with Crippen LogP contribution < -0.4 is 5.32 Å². The highest BCUT2D eigenvalue weighted by molar-refractivity contribution is 7.31. The molecule has 1 aliphatic rings. The molecule has 4 heterocycles. The number of nitrogens with zero attached hydrogens (tertiary/aromatic N) is 4. The van der Waals surface area contributed by atoms with Crippen LogP contribution in [-0.4, -0.2) is 37.1 Å². The first kappa shape index (κ1) is 27.0. The van der Waals surface area contributed by atoms with Crippen LogP contribution >= 0.6 is 22.7 Å². The fourth-order valence-electron chi connectivity index (χ4n) is 4.91. The second-order valence-corrected chi connectivity index (χ2v) is 12.6. The molecule has 1 amide bonds. The second kappa shape index (κ2) is 10.5. The summed E-state index contributed by atoms with van der Waals surface area (Å²) in [5.74, 6) is 0.116. The summed E-state index contributed by atoms with van der Waals surface area (Å²) in [6.07, 6.45) is 1.83. The van der Waals surface area contributed by atoms with Crippen LogP contribution in [0, 0.1) is 0 Å². The molecule has 216 valence electrons. The molecule has 0 radical (unpaired) electrons. The number of aliphatic carboxylic acids is 1. The van der Waals surface area contributed by atoms with Gasteiger partial charge < -0.3 is 14.3 Å². The van der Waals surface area contributed by atoms with E-state index in [0.717, 1.165) is 41.4 Å². The summed E-state index contributed by atoms with van der Waals surface area (Å²) >= 11 is 3.30. The summed E-state index contributed by atoms with van der Waals surface area (Å²) in [6, 6.07) is 21.6. The zero-order valence-electron chi connectivity index (χ0n) is 23.1. The van der Waals surface area contributed by atoms with E-state index in [1.165, 1.54) is 0 Å². The van der Waals surface area contributed by atoms with Gasteiger partial charge in [-0.3, -0.25) is 14.8 Å². The van der Waals surface area contributed by atoms with E-state index in [2.05, 4.69) is 32.7 Å². The van der Waals surface area contributed by atoms with Gasteiger partial charge in [0, 0.05) is 31.8 Å². The van der Waals surface area contributed by atoms with E-state index in [1.807, 2.05) is 61.5 Å². The number of carbonyl (C=O) groups excluding carboxylic acids is 1. The Hall–Kier alpha value is -4.81. The number of hydrogen-bond acceptors (Lipinski definition) is 9. The molecule has 0 bridgehead atoms. The van der Waals surface area contributed by atoms with Gasteiger partial charge in [0.2, 0.25) is 11.8 Å². The van der Waals surface area contributed by atoms with Crippen LogP contribution in [0.2, 0.25) is 0 Å². The minimum atomic E-state index is -1.02. The molecule has 1 aliphatic carbocycles. The maximum Gasteiger partial charge on any atom is 0.413 e. The molecule has 2 N–H and O–H groups in total. The molecule has 1 fully saturated rings. The maximum absolute atomic E-state index is 12.7. The zero-order valence-corrected chi connectivity index (χ0v) is 24.7. The number of anilines is 1. The highest BCUT2D eigenvalue weighted by atomic mass is 32.1. The number of carboxylic acid groups (broad SMARTS) is 1. The molecule has 0 unspecified atom stereocenters. The number of amides is 1. The monoisotopic (exact) mass is 611 g/mol. The van der Waals surface area contributed by atoms with Gasteiger partial charge >= 0.3 is 12.1 Å². The number of carbonyl (C=O) groups is 2. The predicted octanol–water partition coefficient (Wildman–Crippen LogP) is 7.51. The van der Waals surface area contributed by atoms with Crippen LogP contribution in [0.5, 0.6) is 0 Å². The van der Waals surface area contributed by atoms with Crippen molar-refractivity contribution in [2.75, 3.05) is 5.32 Å². The summed E-state index contributed by atoms with van der Waals surface area (Å²) in [5.41, 5.74) is 2.49. The van der Waals surface area contributed by atoms with Crippen LogP contribution in [0.3, 0.4) is 0 Å². The molecule has 4 aromatic heterocycles. The largest absolute Gasteiger partial charge is 0.480 e. The van der Waals surface area contributed by atoms with Crippen molar-refractivity contribution in [2.45, 2.75) is 31.3 Å². The molecule has 0 aliphatic heterocycles. The topological polar surface area (TPSA) is 132 Å². The lowest BCUT2D eigenvalue weighted by Gasteiger charge is -2.14.